The number of hydrogen-bond acceptors (Lipinski definition) is 4. The van der Waals surface area contributed by atoms with E-state index in [1.54, 1.807) is 30.5 Å². The van der Waals surface area contributed by atoms with Crippen LogP contribution in [0.1, 0.15) is 0 Å². The molecular formula is C20H24N2O3Si. The van der Waals surface area contributed by atoms with Gasteiger partial charge in [0.05, 0.1) is 5.69 Å². The Morgan fingerprint density at radius 1 is 0.962 bits per heavy atom. The van der Waals surface area contributed by atoms with E-state index in [9.17, 15) is 5.11 Å². The minimum Gasteiger partial charge on any atom is -0.508 e. The van der Waals surface area contributed by atoms with Crippen molar-refractivity contribution in [1.82, 2.24) is 9.78 Å². The lowest BCUT2D eigenvalue weighted by Crippen LogP contribution is -2.10. The third kappa shape index (κ3) is 4.97. The first-order valence-electron chi connectivity index (χ1n) is 8.78. The Labute approximate surface area is 155 Å². The van der Waals surface area contributed by atoms with Crippen molar-refractivity contribution < 1.29 is 14.6 Å². The second-order valence-corrected chi connectivity index (χ2v) is 9.92. The van der Waals surface area contributed by atoms with Crippen LogP contribution in [0, 0.1) is 0 Å². The summed E-state index contributed by atoms with van der Waals surface area (Å²) in [7, 11) is -0.574. The minimum atomic E-state index is -0.574. The number of aromatic nitrogens is 2. The van der Waals surface area contributed by atoms with Gasteiger partial charge in [-0.15, -0.1) is 0 Å². The molecule has 0 saturated carbocycles. The lowest BCUT2D eigenvalue weighted by Gasteiger charge is -2.10. The van der Waals surface area contributed by atoms with Gasteiger partial charge in [0.25, 0.3) is 0 Å². The van der Waals surface area contributed by atoms with Crippen molar-refractivity contribution in [2.45, 2.75) is 25.9 Å². The van der Waals surface area contributed by atoms with E-state index in [0.29, 0.717) is 12.5 Å². The topological polar surface area (TPSA) is 56.5 Å². The molecule has 136 valence electrons. The molecule has 0 unspecified atom stereocenters. The highest BCUT2D eigenvalue weighted by molar-refractivity contribution is 6.55. The molecule has 3 rings (SSSR count). The molecule has 0 aliphatic heterocycles. The molecule has 0 atom stereocenters. The number of nitrogens with zero attached hydrogens (tertiary/aromatic N) is 2. The molecule has 6 heteroatoms. The summed E-state index contributed by atoms with van der Waals surface area (Å²) >= 11 is 0. The Bertz CT molecular complexity index is 814. The third-order valence-electron chi connectivity index (χ3n) is 3.99. The zero-order valence-electron chi connectivity index (χ0n) is 15.1. The molecule has 0 fully saturated rings. The molecular weight excluding hydrogens is 344 g/mol. The highest BCUT2D eigenvalue weighted by Gasteiger charge is 2.07. The predicted octanol–water partition coefficient (Wildman–Crippen LogP) is 4.51. The third-order valence-corrected chi connectivity index (χ3v) is 5.38. The van der Waals surface area contributed by atoms with Crippen LogP contribution in [-0.4, -0.2) is 30.3 Å². The Hall–Kier alpha value is -2.57. The monoisotopic (exact) mass is 368 g/mol. The van der Waals surface area contributed by atoms with Crippen molar-refractivity contribution in [3.05, 3.63) is 60.8 Å². The van der Waals surface area contributed by atoms with E-state index in [0.717, 1.165) is 23.6 Å². The van der Waals surface area contributed by atoms with Crippen molar-refractivity contribution in [3.63, 3.8) is 0 Å². The Morgan fingerprint density at radius 3 is 2.27 bits per heavy atom. The molecule has 3 aromatic rings. The Kier molecular flexibility index (Phi) is 6.09. The largest absolute Gasteiger partial charge is 0.508 e. The molecule has 0 aliphatic carbocycles. The Balaban J connectivity index is 1.63. The molecule has 1 N–H and O–H groups in total. The van der Waals surface area contributed by atoms with Crippen molar-refractivity contribution in [2.75, 3.05) is 6.61 Å². The van der Waals surface area contributed by atoms with Gasteiger partial charge in [-0.1, -0.05) is 13.1 Å². The standard InChI is InChI=1S/C20H24N2O3Si/c1-26(2)14-13-24-15-22-20(11-12-21-22)16-3-7-18(8-4-16)25-19-9-5-17(23)6-10-19/h3-12,23,26H,13-15H2,1-2H3. The number of rotatable bonds is 8. The molecule has 0 radical (unpaired) electrons. The number of phenolic OH excluding ortho intramolecular Hbond substituents is 1. The lowest BCUT2D eigenvalue weighted by molar-refractivity contribution is 0.0801. The van der Waals surface area contributed by atoms with E-state index >= 15 is 0 Å². The van der Waals surface area contributed by atoms with Crippen LogP contribution < -0.4 is 4.74 Å². The molecule has 26 heavy (non-hydrogen) atoms. The number of phenols is 1. The summed E-state index contributed by atoms with van der Waals surface area (Å²) in [5, 5.41) is 13.7. The zero-order valence-corrected chi connectivity index (χ0v) is 16.3. The summed E-state index contributed by atoms with van der Waals surface area (Å²) in [4.78, 5) is 0. The summed E-state index contributed by atoms with van der Waals surface area (Å²) < 4.78 is 13.4. The van der Waals surface area contributed by atoms with Crippen LogP contribution in [0.15, 0.2) is 60.8 Å². The number of benzene rings is 2. The highest BCUT2D eigenvalue weighted by atomic mass is 28.3. The van der Waals surface area contributed by atoms with Gasteiger partial charge >= 0.3 is 0 Å². The van der Waals surface area contributed by atoms with Crippen LogP contribution in [0.5, 0.6) is 17.2 Å². The first kappa shape index (κ1) is 18.2. The second-order valence-electron chi connectivity index (χ2n) is 6.56. The predicted molar refractivity (Wildman–Crippen MR) is 105 cm³/mol. The van der Waals surface area contributed by atoms with Gasteiger partial charge in [-0.2, -0.15) is 5.10 Å². The maximum Gasteiger partial charge on any atom is 0.139 e. The van der Waals surface area contributed by atoms with Gasteiger partial charge in [0.1, 0.15) is 24.0 Å². The molecule has 1 heterocycles. The van der Waals surface area contributed by atoms with E-state index in [1.807, 2.05) is 35.0 Å². The lowest BCUT2D eigenvalue weighted by atomic mass is 10.1. The number of ether oxygens (including phenoxy) is 2. The first-order valence-corrected chi connectivity index (χ1v) is 11.9. The van der Waals surface area contributed by atoms with Crippen LogP contribution >= 0.6 is 0 Å². The van der Waals surface area contributed by atoms with Gasteiger partial charge < -0.3 is 14.6 Å². The highest BCUT2D eigenvalue weighted by Crippen LogP contribution is 2.26. The van der Waals surface area contributed by atoms with E-state index in [-0.39, 0.29) is 5.75 Å². The average molecular weight is 369 g/mol. The molecule has 0 aliphatic rings. The fraction of sp³-hybridized carbons (Fsp3) is 0.250. The Morgan fingerprint density at radius 2 is 1.62 bits per heavy atom. The number of aromatic hydroxyl groups is 1. The van der Waals surface area contributed by atoms with Crippen molar-refractivity contribution >= 4 is 8.80 Å². The van der Waals surface area contributed by atoms with Crippen molar-refractivity contribution in [2.24, 2.45) is 0 Å². The van der Waals surface area contributed by atoms with E-state index in [4.69, 9.17) is 9.47 Å². The summed E-state index contributed by atoms with van der Waals surface area (Å²) in [5.41, 5.74) is 2.07. The second kappa shape index (κ2) is 8.69. The summed E-state index contributed by atoms with van der Waals surface area (Å²) in [5.74, 6) is 1.64. The van der Waals surface area contributed by atoms with E-state index in [2.05, 4.69) is 18.2 Å². The fourth-order valence-electron chi connectivity index (χ4n) is 2.49. The molecule has 0 spiro atoms. The van der Waals surface area contributed by atoms with Gasteiger partial charge in [0.15, 0.2) is 0 Å². The maximum atomic E-state index is 9.32. The normalized spacial score (nSPS) is 11.0. The molecule has 0 bridgehead atoms. The zero-order chi connectivity index (χ0) is 18.4. The smallest absolute Gasteiger partial charge is 0.139 e. The van der Waals surface area contributed by atoms with Crippen LogP contribution in [0.4, 0.5) is 0 Å². The molecule has 0 amide bonds. The van der Waals surface area contributed by atoms with Gasteiger partial charge in [0, 0.05) is 27.2 Å². The quantitative estimate of drug-likeness (QED) is 0.469. The maximum absolute atomic E-state index is 9.32. The van der Waals surface area contributed by atoms with Gasteiger partial charge in [0.2, 0.25) is 0 Å². The van der Waals surface area contributed by atoms with Crippen LogP contribution in [0.3, 0.4) is 0 Å². The summed E-state index contributed by atoms with van der Waals surface area (Å²) in [6.45, 7) is 5.91. The molecule has 1 aromatic heterocycles. The number of hydrogen-bond donors (Lipinski definition) is 1. The first-order chi connectivity index (χ1) is 12.6. The van der Waals surface area contributed by atoms with Gasteiger partial charge in [-0.3, -0.25) is 0 Å². The summed E-state index contributed by atoms with van der Waals surface area (Å²) in [6.07, 6.45) is 1.79. The molecule has 2 aromatic carbocycles. The van der Waals surface area contributed by atoms with Crippen molar-refractivity contribution in [1.29, 1.82) is 0 Å². The summed E-state index contributed by atoms with van der Waals surface area (Å²) in [6, 6.07) is 17.7. The van der Waals surface area contributed by atoms with Crippen LogP contribution in [-0.2, 0) is 11.5 Å². The minimum absolute atomic E-state index is 0.221. The molecule has 5 nitrogen and oxygen atoms in total. The van der Waals surface area contributed by atoms with Gasteiger partial charge in [-0.05, 0) is 60.6 Å². The molecule has 0 saturated heterocycles. The van der Waals surface area contributed by atoms with Crippen molar-refractivity contribution in [3.8, 4) is 28.5 Å². The van der Waals surface area contributed by atoms with E-state index in [1.165, 1.54) is 6.04 Å². The van der Waals surface area contributed by atoms with E-state index < -0.39 is 8.80 Å². The SMILES string of the molecule is C[SiH](C)CCOCn1nccc1-c1ccc(Oc2ccc(O)cc2)cc1. The van der Waals surface area contributed by atoms with Crippen LogP contribution in [0.25, 0.3) is 11.3 Å². The van der Waals surface area contributed by atoms with Crippen LogP contribution in [0.2, 0.25) is 19.1 Å². The fourth-order valence-corrected chi connectivity index (χ4v) is 3.13. The van der Waals surface area contributed by atoms with Gasteiger partial charge in [-0.25, -0.2) is 4.68 Å². The average Bonchev–Trinajstić information content (AvgIpc) is 3.10.